The number of carbonyl (C=O) groups is 1. The van der Waals surface area contributed by atoms with Gasteiger partial charge in [-0.25, -0.2) is 0 Å². The summed E-state index contributed by atoms with van der Waals surface area (Å²) in [4.78, 5) is 11.1. The van der Waals surface area contributed by atoms with E-state index in [0.717, 1.165) is 6.42 Å². The van der Waals surface area contributed by atoms with E-state index in [4.69, 9.17) is 0 Å². The lowest BCUT2D eigenvalue weighted by atomic mass is 10.0. The molecular formula is C17H35NOS. The van der Waals surface area contributed by atoms with E-state index in [-0.39, 0.29) is 25.4 Å². The van der Waals surface area contributed by atoms with Crippen molar-refractivity contribution in [3.63, 3.8) is 0 Å². The molecule has 0 radical (unpaired) electrons. The Bertz CT molecular complexity index is 231. The van der Waals surface area contributed by atoms with Crippen LogP contribution in [0.3, 0.4) is 0 Å². The van der Waals surface area contributed by atoms with E-state index in [2.05, 4.69) is 25.7 Å². The van der Waals surface area contributed by atoms with Crippen molar-refractivity contribution in [1.29, 1.82) is 0 Å². The highest BCUT2D eigenvalue weighted by atomic mass is 32.1. The maximum absolute atomic E-state index is 11.1. The van der Waals surface area contributed by atoms with Gasteiger partial charge in [-0.15, -0.1) is 0 Å². The summed E-state index contributed by atoms with van der Waals surface area (Å²) in [6, 6.07) is 0.277. The van der Waals surface area contributed by atoms with Crippen molar-refractivity contribution >= 4 is 19.4 Å². The normalized spacial score (nSPS) is 11.5. The molecule has 0 aliphatic heterocycles. The molecule has 1 amide bonds. The number of nitrogens with one attached hydrogen (secondary N) is 1. The van der Waals surface area contributed by atoms with Crippen LogP contribution in [-0.2, 0) is 4.79 Å². The summed E-state index contributed by atoms with van der Waals surface area (Å²) in [5, 5.41) is 2.90. The Labute approximate surface area is 133 Å². The highest BCUT2D eigenvalue weighted by Crippen LogP contribution is 2.11. The molecule has 0 spiro atoms. The summed E-state index contributed by atoms with van der Waals surface area (Å²) in [7, 11) is 0. The molecule has 0 aliphatic rings. The maximum Gasteiger partial charge on any atom is 0.243 e. The van der Waals surface area contributed by atoms with Gasteiger partial charge in [0.05, 0.1) is 0 Å². The van der Waals surface area contributed by atoms with Crippen LogP contribution in [0.2, 0.25) is 0 Å². The van der Waals surface area contributed by atoms with Crippen molar-refractivity contribution in [3.05, 3.63) is 12.7 Å². The topological polar surface area (TPSA) is 29.1 Å². The molecule has 1 unspecified atom stereocenters. The van der Waals surface area contributed by atoms with Crippen LogP contribution in [0.5, 0.6) is 0 Å². The second-order valence-corrected chi connectivity index (χ2v) is 5.58. The molecule has 120 valence electrons. The van der Waals surface area contributed by atoms with Crippen molar-refractivity contribution in [2.24, 2.45) is 0 Å². The van der Waals surface area contributed by atoms with Crippen molar-refractivity contribution < 1.29 is 4.79 Å². The van der Waals surface area contributed by atoms with Crippen LogP contribution in [0.1, 0.15) is 84.5 Å². The van der Waals surface area contributed by atoms with E-state index in [1.165, 1.54) is 70.3 Å². The highest BCUT2D eigenvalue weighted by molar-refractivity contribution is 7.59. The van der Waals surface area contributed by atoms with E-state index in [1.54, 1.807) is 0 Å². The molecule has 0 saturated carbocycles. The molecule has 0 aromatic heterocycles. The van der Waals surface area contributed by atoms with Gasteiger partial charge in [-0.05, 0) is 19.4 Å². The van der Waals surface area contributed by atoms with Crippen molar-refractivity contribution in [3.8, 4) is 0 Å². The third-order valence-electron chi connectivity index (χ3n) is 3.56. The molecule has 1 N–H and O–H groups in total. The third-order valence-corrected chi connectivity index (χ3v) is 3.56. The largest absolute Gasteiger partial charge is 0.350 e. The zero-order valence-electron chi connectivity index (χ0n) is 13.5. The molecule has 0 bridgehead atoms. The van der Waals surface area contributed by atoms with Gasteiger partial charge in [0, 0.05) is 6.04 Å². The molecule has 0 fully saturated rings. The molecule has 0 aromatic rings. The van der Waals surface area contributed by atoms with Crippen molar-refractivity contribution in [1.82, 2.24) is 5.32 Å². The third kappa shape index (κ3) is 15.6. The molecule has 20 heavy (non-hydrogen) atoms. The molecule has 0 rings (SSSR count). The van der Waals surface area contributed by atoms with Crippen LogP contribution in [0.15, 0.2) is 12.7 Å². The second-order valence-electron chi connectivity index (χ2n) is 5.58. The van der Waals surface area contributed by atoms with Crippen LogP contribution in [0.4, 0.5) is 0 Å². The summed E-state index contributed by atoms with van der Waals surface area (Å²) >= 11 is 0. The molecule has 3 heteroatoms. The fourth-order valence-corrected chi connectivity index (χ4v) is 2.31. The van der Waals surface area contributed by atoms with Crippen molar-refractivity contribution in [2.45, 2.75) is 90.5 Å². The Kier molecular flexibility index (Phi) is 18.2. The smallest absolute Gasteiger partial charge is 0.243 e. The Hall–Kier alpha value is -0.440. The predicted octanol–water partition coefficient (Wildman–Crippen LogP) is 5.10. The quantitative estimate of drug-likeness (QED) is 0.372. The summed E-state index contributed by atoms with van der Waals surface area (Å²) < 4.78 is 0. The van der Waals surface area contributed by atoms with Gasteiger partial charge < -0.3 is 5.32 Å². The van der Waals surface area contributed by atoms with Crippen LogP contribution in [-0.4, -0.2) is 11.9 Å². The Morgan fingerprint density at radius 1 is 1.00 bits per heavy atom. The highest BCUT2D eigenvalue weighted by Gasteiger charge is 2.03. The number of carbonyl (C=O) groups excluding carboxylic acids is 1. The molecule has 0 aliphatic carbocycles. The van der Waals surface area contributed by atoms with Gasteiger partial charge in [-0.3, -0.25) is 4.79 Å². The van der Waals surface area contributed by atoms with Gasteiger partial charge in [-0.2, -0.15) is 13.5 Å². The second kappa shape index (κ2) is 16.6. The molecule has 1 atom stereocenters. The van der Waals surface area contributed by atoms with Gasteiger partial charge in [0.1, 0.15) is 0 Å². The van der Waals surface area contributed by atoms with Crippen LogP contribution < -0.4 is 5.32 Å². The first kappa shape index (κ1) is 21.9. The first-order valence-electron chi connectivity index (χ1n) is 8.13. The minimum atomic E-state index is -0.0559. The molecule has 0 aromatic carbocycles. The molecular weight excluding hydrogens is 266 g/mol. The standard InChI is InChI=1S/C17H33NO.H2S/c1-4-6-7-8-9-10-11-12-13-14-15-16(3)18-17(19)5-2;/h5,16H,2,4,6-15H2,1,3H3,(H,18,19);1H2. The number of amides is 1. The first-order valence-corrected chi connectivity index (χ1v) is 8.13. The Balaban J connectivity index is 0. The van der Waals surface area contributed by atoms with Crippen LogP contribution in [0.25, 0.3) is 0 Å². The SMILES string of the molecule is C=CC(=O)NC(C)CCCCCCCCCCCC.S. The van der Waals surface area contributed by atoms with E-state index < -0.39 is 0 Å². The molecule has 0 heterocycles. The van der Waals surface area contributed by atoms with E-state index in [0.29, 0.717) is 0 Å². The maximum atomic E-state index is 11.1. The fourth-order valence-electron chi connectivity index (χ4n) is 2.31. The lowest BCUT2D eigenvalue weighted by molar-refractivity contribution is -0.117. The van der Waals surface area contributed by atoms with Crippen molar-refractivity contribution in [2.75, 3.05) is 0 Å². The lowest BCUT2D eigenvalue weighted by Crippen LogP contribution is -2.30. The van der Waals surface area contributed by atoms with E-state index in [1.807, 2.05) is 0 Å². The van der Waals surface area contributed by atoms with Gasteiger partial charge in [0.15, 0.2) is 0 Å². The summed E-state index contributed by atoms with van der Waals surface area (Å²) in [5.41, 5.74) is 0. The molecule has 0 saturated heterocycles. The number of rotatable bonds is 13. The minimum absolute atomic E-state index is 0. The Morgan fingerprint density at radius 3 is 1.90 bits per heavy atom. The summed E-state index contributed by atoms with van der Waals surface area (Å²) in [6.07, 6.45) is 16.0. The Morgan fingerprint density at radius 2 is 1.45 bits per heavy atom. The number of hydrogen-bond acceptors (Lipinski definition) is 1. The zero-order chi connectivity index (χ0) is 14.3. The van der Waals surface area contributed by atoms with E-state index >= 15 is 0 Å². The average Bonchev–Trinajstić information content (AvgIpc) is 2.40. The predicted molar refractivity (Wildman–Crippen MR) is 94.6 cm³/mol. The fraction of sp³-hybridized carbons (Fsp3) is 0.824. The van der Waals surface area contributed by atoms with Crippen LogP contribution in [0, 0.1) is 0 Å². The first-order chi connectivity index (χ1) is 9.20. The average molecular weight is 302 g/mol. The lowest BCUT2D eigenvalue weighted by Gasteiger charge is -2.11. The minimum Gasteiger partial charge on any atom is -0.350 e. The van der Waals surface area contributed by atoms with Gasteiger partial charge in [0.25, 0.3) is 0 Å². The zero-order valence-corrected chi connectivity index (χ0v) is 14.5. The summed E-state index contributed by atoms with van der Waals surface area (Å²) in [6.45, 7) is 7.79. The van der Waals surface area contributed by atoms with Gasteiger partial charge >= 0.3 is 0 Å². The van der Waals surface area contributed by atoms with Gasteiger partial charge in [-0.1, -0.05) is 77.7 Å². The summed E-state index contributed by atoms with van der Waals surface area (Å²) in [5.74, 6) is -0.0559. The van der Waals surface area contributed by atoms with Gasteiger partial charge in [0.2, 0.25) is 5.91 Å². The van der Waals surface area contributed by atoms with Crippen LogP contribution >= 0.6 is 13.5 Å². The molecule has 2 nitrogen and oxygen atoms in total. The number of unbranched alkanes of at least 4 members (excludes halogenated alkanes) is 9. The van der Waals surface area contributed by atoms with E-state index in [9.17, 15) is 4.79 Å². The monoisotopic (exact) mass is 301 g/mol. The number of hydrogen-bond donors (Lipinski definition) is 1.